The number of rotatable bonds is 6. The number of hydrogen-bond donors (Lipinski definition) is 1. The molecule has 0 amide bonds. The second-order valence-corrected chi connectivity index (χ2v) is 6.76. The van der Waals surface area contributed by atoms with Crippen LogP contribution in [0.15, 0.2) is 71.8 Å². The normalized spacial score (nSPS) is 11.0. The van der Waals surface area contributed by atoms with Gasteiger partial charge in [-0.25, -0.2) is 15.4 Å². The zero-order chi connectivity index (χ0) is 20.9. The molecule has 0 atom stereocenters. The van der Waals surface area contributed by atoms with Gasteiger partial charge in [-0.05, 0) is 30.7 Å². The van der Waals surface area contributed by atoms with E-state index in [4.69, 9.17) is 14.5 Å². The van der Waals surface area contributed by atoms with Crippen LogP contribution in [0.4, 0.5) is 5.95 Å². The summed E-state index contributed by atoms with van der Waals surface area (Å²) in [6.45, 7) is 2.05. The molecule has 0 aliphatic heterocycles. The Labute approximate surface area is 175 Å². The van der Waals surface area contributed by atoms with Crippen LogP contribution in [0.2, 0.25) is 0 Å². The summed E-state index contributed by atoms with van der Waals surface area (Å²) >= 11 is 0. The summed E-state index contributed by atoms with van der Waals surface area (Å²) < 4.78 is 10.6. The van der Waals surface area contributed by atoms with Crippen molar-refractivity contribution in [2.45, 2.75) is 6.92 Å². The molecule has 6 heteroatoms. The monoisotopic (exact) mass is 398 g/mol. The third-order valence-electron chi connectivity index (χ3n) is 4.71. The first-order valence-corrected chi connectivity index (χ1v) is 9.53. The predicted octanol–water partition coefficient (Wildman–Crippen LogP) is 5.07. The lowest BCUT2D eigenvalue weighted by Crippen LogP contribution is -2.00. The Bertz CT molecular complexity index is 1210. The van der Waals surface area contributed by atoms with Crippen LogP contribution in [0.1, 0.15) is 11.1 Å². The number of anilines is 1. The fourth-order valence-corrected chi connectivity index (χ4v) is 3.19. The van der Waals surface area contributed by atoms with Gasteiger partial charge >= 0.3 is 0 Å². The average Bonchev–Trinajstić information content (AvgIpc) is 2.79. The summed E-state index contributed by atoms with van der Waals surface area (Å²) in [6, 6.07) is 21.8. The van der Waals surface area contributed by atoms with Crippen LogP contribution < -0.4 is 14.9 Å². The quantitative estimate of drug-likeness (QED) is 0.363. The van der Waals surface area contributed by atoms with Gasteiger partial charge in [0.15, 0.2) is 0 Å². The van der Waals surface area contributed by atoms with Gasteiger partial charge in [0.05, 0.1) is 31.6 Å². The first-order valence-electron chi connectivity index (χ1n) is 9.53. The van der Waals surface area contributed by atoms with Crippen molar-refractivity contribution in [3.05, 3.63) is 77.9 Å². The van der Waals surface area contributed by atoms with E-state index in [2.05, 4.69) is 27.6 Å². The number of ether oxygens (including phenoxy) is 2. The van der Waals surface area contributed by atoms with Gasteiger partial charge in [0.1, 0.15) is 11.5 Å². The van der Waals surface area contributed by atoms with E-state index in [1.807, 2.05) is 61.5 Å². The van der Waals surface area contributed by atoms with Crippen molar-refractivity contribution >= 4 is 23.1 Å². The van der Waals surface area contributed by atoms with Crippen molar-refractivity contribution in [3.63, 3.8) is 0 Å². The van der Waals surface area contributed by atoms with Gasteiger partial charge in [-0.2, -0.15) is 5.10 Å². The maximum atomic E-state index is 5.41. The zero-order valence-electron chi connectivity index (χ0n) is 17.1. The maximum Gasteiger partial charge on any atom is 0.244 e. The van der Waals surface area contributed by atoms with E-state index >= 15 is 0 Å². The fourth-order valence-electron chi connectivity index (χ4n) is 3.19. The van der Waals surface area contributed by atoms with Gasteiger partial charge in [-0.15, -0.1) is 0 Å². The van der Waals surface area contributed by atoms with Crippen molar-refractivity contribution in [1.82, 2.24) is 9.97 Å². The number of hydrazone groups is 1. The summed E-state index contributed by atoms with van der Waals surface area (Å²) in [5.41, 5.74) is 7.65. The Hall–Kier alpha value is -3.93. The topological polar surface area (TPSA) is 68.6 Å². The second-order valence-electron chi connectivity index (χ2n) is 6.76. The van der Waals surface area contributed by atoms with Crippen LogP contribution in [0.5, 0.6) is 11.5 Å². The van der Waals surface area contributed by atoms with E-state index in [-0.39, 0.29) is 0 Å². The second kappa shape index (κ2) is 8.61. The molecule has 1 heterocycles. The van der Waals surface area contributed by atoms with Crippen molar-refractivity contribution < 1.29 is 9.47 Å². The number of fused-ring (bicyclic) bond motifs is 1. The van der Waals surface area contributed by atoms with E-state index in [0.717, 1.165) is 39.0 Å². The van der Waals surface area contributed by atoms with E-state index in [9.17, 15) is 0 Å². The number of benzene rings is 3. The van der Waals surface area contributed by atoms with Crippen molar-refractivity contribution in [2.75, 3.05) is 19.6 Å². The first kappa shape index (κ1) is 19.4. The number of nitrogens with one attached hydrogen (secondary N) is 1. The maximum absolute atomic E-state index is 5.41. The number of aromatic nitrogens is 2. The SMILES string of the molecule is COc1ccc(C=NNc2nc(-c3ccccc3)c3ccc(C)cc3n2)c(OC)c1. The molecule has 0 unspecified atom stereocenters. The largest absolute Gasteiger partial charge is 0.497 e. The number of nitrogens with zero attached hydrogens (tertiary/aromatic N) is 3. The molecule has 0 aliphatic rings. The number of hydrogen-bond acceptors (Lipinski definition) is 6. The Balaban J connectivity index is 1.69. The number of methoxy groups -OCH3 is 2. The summed E-state index contributed by atoms with van der Waals surface area (Å²) in [6.07, 6.45) is 1.67. The average molecular weight is 398 g/mol. The van der Waals surface area contributed by atoms with Gasteiger partial charge in [0.25, 0.3) is 0 Å². The molecule has 6 nitrogen and oxygen atoms in total. The molecule has 4 aromatic rings. The molecule has 3 aromatic carbocycles. The van der Waals surface area contributed by atoms with Crippen molar-refractivity contribution in [1.29, 1.82) is 0 Å². The molecule has 0 saturated heterocycles. The molecule has 0 bridgehead atoms. The van der Waals surface area contributed by atoms with Crippen LogP contribution in [0.25, 0.3) is 22.2 Å². The van der Waals surface area contributed by atoms with E-state index in [1.165, 1.54) is 0 Å². The Kier molecular flexibility index (Phi) is 5.57. The highest BCUT2D eigenvalue weighted by molar-refractivity contribution is 5.93. The van der Waals surface area contributed by atoms with Gasteiger partial charge in [0.2, 0.25) is 5.95 Å². The summed E-state index contributed by atoms with van der Waals surface area (Å²) in [5.74, 6) is 1.81. The summed E-state index contributed by atoms with van der Waals surface area (Å²) in [7, 11) is 3.23. The molecule has 0 aliphatic carbocycles. The summed E-state index contributed by atoms with van der Waals surface area (Å²) in [4.78, 5) is 9.35. The molecule has 1 aromatic heterocycles. The molecule has 0 spiro atoms. The minimum Gasteiger partial charge on any atom is -0.497 e. The van der Waals surface area contributed by atoms with E-state index in [0.29, 0.717) is 11.7 Å². The van der Waals surface area contributed by atoms with Crippen LogP contribution in [-0.4, -0.2) is 30.4 Å². The molecule has 150 valence electrons. The van der Waals surface area contributed by atoms with Crippen LogP contribution in [0.3, 0.4) is 0 Å². The number of aryl methyl sites for hydroxylation is 1. The molecule has 1 N–H and O–H groups in total. The minimum absolute atomic E-state index is 0.427. The molecular weight excluding hydrogens is 376 g/mol. The third-order valence-corrected chi connectivity index (χ3v) is 4.71. The highest BCUT2D eigenvalue weighted by atomic mass is 16.5. The molecule has 0 fully saturated rings. The van der Waals surface area contributed by atoms with Crippen LogP contribution in [0, 0.1) is 6.92 Å². The Morgan fingerprint density at radius 3 is 2.50 bits per heavy atom. The van der Waals surface area contributed by atoms with Gasteiger partial charge in [-0.1, -0.05) is 42.5 Å². The lowest BCUT2D eigenvalue weighted by atomic mass is 10.1. The highest BCUT2D eigenvalue weighted by Gasteiger charge is 2.10. The molecule has 30 heavy (non-hydrogen) atoms. The predicted molar refractivity (Wildman–Crippen MR) is 120 cm³/mol. The Morgan fingerprint density at radius 2 is 1.73 bits per heavy atom. The minimum atomic E-state index is 0.427. The van der Waals surface area contributed by atoms with Crippen molar-refractivity contribution in [2.24, 2.45) is 5.10 Å². The van der Waals surface area contributed by atoms with Crippen molar-refractivity contribution in [3.8, 4) is 22.8 Å². The summed E-state index contributed by atoms with van der Waals surface area (Å²) in [5, 5.41) is 5.32. The molecule has 0 saturated carbocycles. The van der Waals surface area contributed by atoms with Crippen LogP contribution >= 0.6 is 0 Å². The Morgan fingerprint density at radius 1 is 0.900 bits per heavy atom. The smallest absolute Gasteiger partial charge is 0.244 e. The first-order chi connectivity index (χ1) is 14.7. The standard InChI is InChI=1S/C24H22N4O2/c1-16-9-12-20-21(13-16)26-24(27-23(20)17-7-5-4-6-8-17)28-25-15-18-10-11-19(29-2)14-22(18)30-3/h4-15H,1-3H3,(H,26,27,28). The van der Waals surface area contributed by atoms with Crippen LogP contribution in [-0.2, 0) is 0 Å². The third kappa shape index (κ3) is 4.07. The molecule has 4 rings (SSSR count). The molecule has 0 radical (unpaired) electrons. The molecular formula is C24H22N4O2. The fraction of sp³-hybridized carbons (Fsp3) is 0.125. The van der Waals surface area contributed by atoms with E-state index < -0.39 is 0 Å². The zero-order valence-corrected chi connectivity index (χ0v) is 17.1. The highest BCUT2D eigenvalue weighted by Crippen LogP contribution is 2.28. The van der Waals surface area contributed by atoms with Gasteiger partial charge < -0.3 is 9.47 Å². The lowest BCUT2D eigenvalue weighted by molar-refractivity contribution is 0.394. The lowest BCUT2D eigenvalue weighted by Gasteiger charge is -2.09. The van der Waals surface area contributed by atoms with Gasteiger partial charge in [-0.3, -0.25) is 0 Å². The van der Waals surface area contributed by atoms with Gasteiger partial charge in [0, 0.05) is 22.6 Å². The van der Waals surface area contributed by atoms with E-state index in [1.54, 1.807) is 20.4 Å².